The van der Waals surface area contributed by atoms with Gasteiger partial charge in [-0.15, -0.1) is 0 Å². The molecule has 1 rings (SSSR count). The van der Waals surface area contributed by atoms with Crippen LogP contribution in [0.5, 0.6) is 0 Å². The number of nitrogens with one attached hydrogen (secondary N) is 2. The van der Waals surface area contributed by atoms with Crippen LogP contribution in [-0.4, -0.2) is 31.4 Å². The van der Waals surface area contributed by atoms with Crippen LogP contribution < -0.4 is 16.4 Å². The van der Waals surface area contributed by atoms with Crippen LogP contribution in [0, 0.1) is 5.92 Å². The van der Waals surface area contributed by atoms with Crippen LogP contribution in [0.1, 0.15) is 38.5 Å². The van der Waals surface area contributed by atoms with E-state index in [1.54, 1.807) is 0 Å². The van der Waals surface area contributed by atoms with Gasteiger partial charge in [0.1, 0.15) is 0 Å². The molecule has 17 heavy (non-hydrogen) atoms. The summed E-state index contributed by atoms with van der Waals surface area (Å²) in [5.74, 6) is -0.0842. The number of carbonyl (C=O) groups excluding carboxylic acids is 2. The summed E-state index contributed by atoms with van der Waals surface area (Å²) in [7, 11) is 1.88. The third kappa shape index (κ3) is 5.17. The molecule has 0 unspecified atom stereocenters. The van der Waals surface area contributed by atoms with Crippen LogP contribution in [0.2, 0.25) is 0 Å². The van der Waals surface area contributed by atoms with Crippen LogP contribution in [0.3, 0.4) is 0 Å². The van der Waals surface area contributed by atoms with E-state index in [2.05, 4.69) is 10.6 Å². The third-order valence-corrected chi connectivity index (χ3v) is 3.33. The van der Waals surface area contributed by atoms with Crippen molar-refractivity contribution in [3.63, 3.8) is 0 Å². The summed E-state index contributed by atoms with van der Waals surface area (Å²) in [6.07, 6.45) is 4.76. The number of rotatable bonds is 6. The predicted octanol–water partition coefficient (Wildman–Crippen LogP) is 0.146. The highest BCUT2D eigenvalue weighted by atomic mass is 16.2. The van der Waals surface area contributed by atoms with Crippen LogP contribution >= 0.6 is 0 Å². The quantitative estimate of drug-likeness (QED) is 0.579. The molecule has 0 aromatic rings. The zero-order valence-electron chi connectivity index (χ0n) is 10.5. The van der Waals surface area contributed by atoms with Crippen LogP contribution in [0.4, 0.5) is 0 Å². The molecule has 1 saturated carbocycles. The van der Waals surface area contributed by atoms with Gasteiger partial charge >= 0.3 is 0 Å². The number of hydrogen-bond acceptors (Lipinski definition) is 3. The van der Waals surface area contributed by atoms with E-state index in [1.165, 1.54) is 0 Å². The van der Waals surface area contributed by atoms with Crippen molar-refractivity contribution in [3.8, 4) is 0 Å². The van der Waals surface area contributed by atoms with Crippen molar-refractivity contribution < 1.29 is 9.59 Å². The summed E-state index contributed by atoms with van der Waals surface area (Å²) in [4.78, 5) is 22.6. The maximum Gasteiger partial charge on any atom is 0.220 e. The number of amides is 2. The van der Waals surface area contributed by atoms with E-state index in [4.69, 9.17) is 5.73 Å². The molecule has 1 fully saturated rings. The second-order valence-electron chi connectivity index (χ2n) is 4.73. The lowest BCUT2D eigenvalue weighted by Crippen LogP contribution is -2.39. The van der Waals surface area contributed by atoms with Crippen molar-refractivity contribution in [2.24, 2.45) is 11.7 Å². The number of nitrogens with two attached hydrogens (primary N) is 1. The molecule has 98 valence electrons. The van der Waals surface area contributed by atoms with E-state index in [0.717, 1.165) is 38.6 Å². The van der Waals surface area contributed by atoms with E-state index in [-0.39, 0.29) is 23.8 Å². The monoisotopic (exact) mass is 241 g/mol. The molecule has 0 spiro atoms. The summed E-state index contributed by atoms with van der Waals surface area (Å²) < 4.78 is 0. The molecule has 4 N–H and O–H groups in total. The Morgan fingerprint density at radius 3 is 2.41 bits per heavy atom. The fourth-order valence-electron chi connectivity index (χ4n) is 2.25. The van der Waals surface area contributed by atoms with Crippen molar-refractivity contribution in [1.29, 1.82) is 0 Å². The minimum absolute atomic E-state index is 0.00689. The number of hydrogen-bond donors (Lipinski definition) is 3. The average molecular weight is 241 g/mol. The van der Waals surface area contributed by atoms with Gasteiger partial charge in [-0.2, -0.15) is 0 Å². The first-order chi connectivity index (χ1) is 8.13. The second kappa shape index (κ2) is 7.27. The predicted molar refractivity (Wildman–Crippen MR) is 66.2 cm³/mol. The van der Waals surface area contributed by atoms with Gasteiger partial charge in [-0.05, 0) is 45.7 Å². The molecular formula is C12H23N3O2. The maximum atomic E-state index is 11.6. The molecule has 5 nitrogen and oxygen atoms in total. The van der Waals surface area contributed by atoms with E-state index in [9.17, 15) is 9.59 Å². The Hall–Kier alpha value is -1.10. The number of carbonyl (C=O) groups is 2. The second-order valence-corrected chi connectivity index (χ2v) is 4.73. The van der Waals surface area contributed by atoms with Crippen LogP contribution in [-0.2, 0) is 9.59 Å². The maximum absolute atomic E-state index is 11.6. The Labute approximate surface area is 103 Å². The summed E-state index contributed by atoms with van der Waals surface area (Å²) in [6.45, 7) is 0.863. The lowest BCUT2D eigenvalue weighted by molar-refractivity contribution is -0.123. The van der Waals surface area contributed by atoms with Gasteiger partial charge in [-0.1, -0.05) is 0 Å². The highest BCUT2D eigenvalue weighted by Gasteiger charge is 2.25. The molecule has 1 aliphatic rings. The van der Waals surface area contributed by atoms with E-state index in [0.29, 0.717) is 6.42 Å². The van der Waals surface area contributed by atoms with Gasteiger partial charge in [0.15, 0.2) is 0 Å². The molecular weight excluding hydrogens is 218 g/mol. The van der Waals surface area contributed by atoms with E-state index >= 15 is 0 Å². The van der Waals surface area contributed by atoms with Crippen LogP contribution in [0.15, 0.2) is 0 Å². The lowest BCUT2D eigenvalue weighted by atomic mass is 9.85. The van der Waals surface area contributed by atoms with Gasteiger partial charge in [0, 0.05) is 18.4 Å². The van der Waals surface area contributed by atoms with Crippen molar-refractivity contribution in [2.75, 3.05) is 13.6 Å². The first-order valence-corrected chi connectivity index (χ1v) is 6.36. The van der Waals surface area contributed by atoms with Crippen molar-refractivity contribution in [2.45, 2.75) is 44.6 Å². The molecule has 0 aliphatic heterocycles. The smallest absolute Gasteiger partial charge is 0.220 e. The molecule has 0 saturated heterocycles. The Morgan fingerprint density at radius 2 is 1.88 bits per heavy atom. The number of primary amides is 1. The topological polar surface area (TPSA) is 84.2 Å². The molecule has 0 aromatic carbocycles. The first kappa shape index (κ1) is 14.0. The van der Waals surface area contributed by atoms with Crippen LogP contribution in [0.25, 0.3) is 0 Å². The highest BCUT2D eigenvalue weighted by Crippen LogP contribution is 2.23. The normalized spacial score (nSPS) is 24.3. The summed E-state index contributed by atoms with van der Waals surface area (Å²) >= 11 is 0. The summed E-state index contributed by atoms with van der Waals surface area (Å²) in [5.41, 5.74) is 5.26. The van der Waals surface area contributed by atoms with E-state index in [1.807, 2.05) is 7.05 Å². The Balaban J connectivity index is 2.17. The lowest BCUT2D eigenvalue weighted by Gasteiger charge is -2.27. The molecule has 1 aliphatic carbocycles. The van der Waals surface area contributed by atoms with E-state index < -0.39 is 0 Å². The molecule has 0 bridgehead atoms. The molecule has 0 heterocycles. The average Bonchev–Trinajstić information content (AvgIpc) is 2.30. The Bertz CT molecular complexity index is 260. The van der Waals surface area contributed by atoms with Crippen molar-refractivity contribution in [3.05, 3.63) is 0 Å². The molecule has 0 atom stereocenters. The van der Waals surface area contributed by atoms with Gasteiger partial charge in [-0.3, -0.25) is 9.59 Å². The third-order valence-electron chi connectivity index (χ3n) is 3.33. The highest BCUT2D eigenvalue weighted by molar-refractivity contribution is 5.77. The SMILES string of the molecule is CNCCCC(=O)NC1CCC(C(N)=O)CC1. The van der Waals surface area contributed by atoms with Gasteiger partial charge in [-0.25, -0.2) is 0 Å². The van der Waals surface area contributed by atoms with Gasteiger partial charge in [0.05, 0.1) is 0 Å². The summed E-state index contributed by atoms with van der Waals surface area (Å²) in [5, 5.41) is 6.03. The van der Waals surface area contributed by atoms with Crippen molar-refractivity contribution >= 4 is 11.8 Å². The molecule has 0 radical (unpaired) electrons. The first-order valence-electron chi connectivity index (χ1n) is 6.36. The zero-order chi connectivity index (χ0) is 12.7. The fraction of sp³-hybridized carbons (Fsp3) is 0.833. The van der Waals surface area contributed by atoms with Crippen molar-refractivity contribution in [1.82, 2.24) is 10.6 Å². The fourth-order valence-corrected chi connectivity index (χ4v) is 2.25. The largest absolute Gasteiger partial charge is 0.369 e. The van der Waals surface area contributed by atoms with Gasteiger partial charge in [0.25, 0.3) is 0 Å². The van der Waals surface area contributed by atoms with Gasteiger partial charge in [0.2, 0.25) is 11.8 Å². The minimum Gasteiger partial charge on any atom is -0.369 e. The molecule has 5 heteroatoms. The Kier molecular flexibility index (Phi) is 5.97. The van der Waals surface area contributed by atoms with Gasteiger partial charge < -0.3 is 16.4 Å². The Morgan fingerprint density at radius 1 is 1.24 bits per heavy atom. The standard InChI is InChI=1S/C12H23N3O2/c1-14-8-2-3-11(16)15-10-6-4-9(5-7-10)12(13)17/h9-10,14H,2-8H2,1H3,(H2,13,17)(H,15,16). The zero-order valence-corrected chi connectivity index (χ0v) is 10.5. The minimum atomic E-state index is -0.205. The molecule has 2 amide bonds. The summed E-state index contributed by atoms with van der Waals surface area (Å²) in [6, 6.07) is 0.229. The molecule has 0 aromatic heterocycles.